The van der Waals surface area contributed by atoms with Crippen molar-refractivity contribution >= 4 is 19.3 Å². The summed E-state index contributed by atoms with van der Waals surface area (Å²) in [6.07, 6.45) is 0. The molecule has 0 amide bonds. The van der Waals surface area contributed by atoms with Gasteiger partial charge in [0, 0.05) is 0 Å². The minimum absolute atomic E-state index is 0.655. The molecule has 0 fully saturated rings. The summed E-state index contributed by atoms with van der Waals surface area (Å²) in [6, 6.07) is 7.22. The Labute approximate surface area is 83.7 Å². The van der Waals surface area contributed by atoms with Gasteiger partial charge >= 0.3 is 30.0 Å². The van der Waals surface area contributed by atoms with Gasteiger partial charge in [0.15, 0.2) is 0 Å². The van der Waals surface area contributed by atoms with Crippen LogP contribution < -0.4 is 0 Å². The van der Waals surface area contributed by atoms with E-state index in [2.05, 4.69) is 25.4 Å². The number of hydrogen-bond acceptors (Lipinski definition) is 0. The van der Waals surface area contributed by atoms with Crippen molar-refractivity contribution in [1.82, 2.24) is 0 Å². The van der Waals surface area contributed by atoms with Gasteiger partial charge in [-0.2, -0.15) is 19.1 Å². The Balaban J connectivity index is 0.000000461. The van der Waals surface area contributed by atoms with Crippen LogP contribution in [0.2, 0.25) is 0 Å². The Morgan fingerprint density at radius 1 is 1.45 bits per heavy atom. The fourth-order valence-electron chi connectivity index (χ4n) is 0.626. The first-order valence-corrected chi connectivity index (χ1v) is 9.84. The second kappa shape index (κ2) is 6.40. The van der Waals surface area contributed by atoms with Gasteiger partial charge < -0.3 is 0 Å². The van der Waals surface area contributed by atoms with Crippen molar-refractivity contribution in [2.45, 2.75) is 0 Å². The van der Waals surface area contributed by atoms with Crippen LogP contribution in [-0.2, 0) is 16.3 Å². The Morgan fingerprint density at radius 3 is 2.45 bits per heavy atom. The normalized spacial score (nSPS) is 7.45. The monoisotopic (exact) mass is 259 g/mol. The number of halogens is 1. The topological polar surface area (TPSA) is 4.36 Å². The van der Waals surface area contributed by atoms with Crippen LogP contribution in [-0.4, -0.2) is 0 Å². The molecule has 0 saturated carbocycles. The van der Waals surface area contributed by atoms with E-state index in [1.165, 1.54) is 16.3 Å². The van der Waals surface area contributed by atoms with Gasteiger partial charge in [0.2, 0.25) is 0 Å². The molecule has 0 saturated heterocycles. The third-order valence-electron chi connectivity index (χ3n) is 1.04. The molecule has 11 heavy (non-hydrogen) atoms. The second-order valence-corrected chi connectivity index (χ2v) is 1.78. The number of nitrogens with zero attached hydrogens (tertiary/aromatic N) is 1. The first-order valence-electron chi connectivity index (χ1n) is 2.89. The van der Waals surface area contributed by atoms with E-state index in [4.69, 9.17) is 6.57 Å². The van der Waals surface area contributed by atoms with Crippen molar-refractivity contribution in [3.63, 3.8) is 0 Å². The fraction of sp³-hybridized carbons (Fsp3) is 0. The SMILES string of the molecule is [C-]#[N+]c1cccc([CH2-])c1.[Zn+][Br]. The Bertz CT molecular complexity index is 255. The molecule has 52 valence electrons. The van der Waals surface area contributed by atoms with Crippen molar-refractivity contribution in [2.24, 2.45) is 0 Å². The third kappa shape index (κ3) is 4.19. The van der Waals surface area contributed by atoms with E-state index < -0.39 is 0 Å². The van der Waals surface area contributed by atoms with E-state index in [1.807, 2.05) is 12.1 Å². The van der Waals surface area contributed by atoms with Crippen LogP contribution in [0.4, 0.5) is 5.69 Å². The van der Waals surface area contributed by atoms with Crippen LogP contribution in [0.1, 0.15) is 5.56 Å². The fourth-order valence-corrected chi connectivity index (χ4v) is 0.626. The molecule has 0 radical (unpaired) electrons. The quantitative estimate of drug-likeness (QED) is 0.499. The van der Waals surface area contributed by atoms with E-state index in [-0.39, 0.29) is 0 Å². The van der Waals surface area contributed by atoms with Gasteiger partial charge in [-0.15, -0.1) is 6.07 Å². The Hall–Kier alpha value is -0.317. The summed E-state index contributed by atoms with van der Waals surface area (Å²) >= 11 is 4.25. The molecule has 0 aliphatic rings. The van der Waals surface area contributed by atoms with E-state index in [0.29, 0.717) is 5.69 Å². The molecule has 0 aliphatic heterocycles. The molecule has 1 rings (SSSR count). The molecule has 0 aromatic heterocycles. The molecule has 1 aromatic rings. The molecule has 1 aromatic carbocycles. The first kappa shape index (κ1) is 10.7. The molecule has 0 spiro atoms. The van der Waals surface area contributed by atoms with E-state index in [0.717, 1.165) is 5.56 Å². The molecular weight excluding hydrogens is 255 g/mol. The third-order valence-corrected chi connectivity index (χ3v) is 1.04. The molecule has 3 heteroatoms. The summed E-state index contributed by atoms with van der Waals surface area (Å²) in [5, 5.41) is 0. The molecule has 0 aliphatic carbocycles. The maximum atomic E-state index is 6.64. The van der Waals surface area contributed by atoms with Crippen LogP contribution in [0.5, 0.6) is 0 Å². The van der Waals surface area contributed by atoms with Gasteiger partial charge in [-0.25, -0.2) is 5.56 Å². The zero-order chi connectivity index (χ0) is 8.69. The van der Waals surface area contributed by atoms with Crippen LogP contribution >= 0.6 is 13.6 Å². The minimum atomic E-state index is 0.655. The van der Waals surface area contributed by atoms with Crippen molar-refractivity contribution in [3.05, 3.63) is 48.2 Å². The standard InChI is InChI=1S/C8H6N.BrH.Zn/c1-7-4-3-5-8(6-7)9-2;;/h3-6H,1H2;1H;/q-1;;+2/p-1. The van der Waals surface area contributed by atoms with Gasteiger partial charge in [-0.05, 0) is 0 Å². The molecular formula is C8H6BrNZn. The summed E-state index contributed by atoms with van der Waals surface area (Å²) in [6.45, 7) is 10.3. The predicted octanol–water partition coefficient (Wildman–Crippen LogP) is 3.26. The number of benzene rings is 1. The van der Waals surface area contributed by atoms with E-state index in [1.54, 1.807) is 12.1 Å². The summed E-state index contributed by atoms with van der Waals surface area (Å²) in [7, 11) is 0. The van der Waals surface area contributed by atoms with Gasteiger partial charge in [0.25, 0.3) is 0 Å². The van der Waals surface area contributed by atoms with Crippen molar-refractivity contribution in [3.8, 4) is 0 Å². The molecule has 1 nitrogen and oxygen atoms in total. The Morgan fingerprint density at radius 2 is 2.09 bits per heavy atom. The zero-order valence-corrected chi connectivity index (χ0v) is 10.6. The summed E-state index contributed by atoms with van der Waals surface area (Å²) in [5.41, 5.74) is 1.55. The van der Waals surface area contributed by atoms with Crippen molar-refractivity contribution < 1.29 is 16.3 Å². The molecule has 0 atom stereocenters. The van der Waals surface area contributed by atoms with Crippen LogP contribution in [0.3, 0.4) is 0 Å². The van der Waals surface area contributed by atoms with Gasteiger partial charge in [0.1, 0.15) is 5.69 Å². The van der Waals surface area contributed by atoms with Crippen LogP contribution in [0.15, 0.2) is 24.3 Å². The summed E-state index contributed by atoms with van der Waals surface area (Å²) in [5.74, 6) is 0. The van der Waals surface area contributed by atoms with Gasteiger partial charge in [0.05, 0.1) is 6.57 Å². The maximum absolute atomic E-state index is 6.64. The first-order chi connectivity index (χ1) is 5.33. The second-order valence-electron chi connectivity index (χ2n) is 1.78. The van der Waals surface area contributed by atoms with Crippen LogP contribution in [0, 0.1) is 13.5 Å². The van der Waals surface area contributed by atoms with Crippen molar-refractivity contribution in [2.75, 3.05) is 0 Å². The zero-order valence-electron chi connectivity index (χ0n) is 6.05. The predicted molar refractivity (Wildman–Crippen MR) is 46.1 cm³/mol. The molecule has 0 unspecified atom stereocenters. The average Bonchev–Trinajstić information content (AvgIpc) is 2.08. The van der Waals surface area contributed by atoms with E-state index >= 15 is 0 Å². The Kier molecular flexibility index (Phi) is 6.21. The molecule has 0 bridgehead atoms. The average molecular weight is 261 g/mol. The molecule has 0 N–H and O–H groups in total. The molecule has 0 heterocycles. The van der Waals surface area contributed by atoms with Crippen LogP contribution in [0.25, 0.3) is 4.85 Å². The summed E-state index contributed by atoms with van der Waals surface area (Å²) < 4.78 is 0. The van der Waals surface area contributed by atoms with Gasteiger partial charge in [-0.1, -0.05) is 6.07 Å². The van der Waals surface area contributed by atoms with Crippen molar-refractivity contribution in [1.29, 1.82) is 0 Å². The van der Waals surface area contributed by atoms with Gasteiger partial charge in [-0.3, -0.25) is 4.85 Å². The number of rotatable bonds is 0. The number of hydrogen-bond donors (Lipinski definition) is 0. The summed E-state index contributed by atoms with van der Waals surface area (Å²) in [4.78, 5) is 3.24. The van der Waals surface area contributed by atoms with E-state index in [9.17, 15) is 0 Å².